The van der Waals surface area contributed by atoms with Crippen molar-refractivity contribution < 1.29 is 9.90 Å². The van der Waals surface area contributed by atoms with Crippen LogP contribution in [0, 0.1) is 0 Å². The lowest BCUT2D eigenvalue weighted by Gasteiger charge is -2.02. The number of amides is 1. The SMILES string of the molecule is NNC(=O)CCCCCCCCCCCCCO. The molecule has 0 bridgehead atoms. The molecule has 4 nitrogen and oxygen atoms in total. The number of carbonyl (C=O) groups excluding carboxylic acids is 1. The van der Waals surface area contributed by atoms with Gasteiger partial charge in [0.15, 0.2) is 0 Å². The van der Waals surface area contributed by atoms with Crippen molar-refractivity contribution in [2.45, 2.75) is 77.0 Å². The number of hydrogen-bond acceptors (Lipinski definition) is 3. The average Bonchev–Trinajstić information content (AvgIpc) is 2.39. The van der Waals surface area contributed by atoms with E-state index in [4.69, 9.17) is 10.9 Å². The molecule has 0 atom stereocenters. The number of rotatable bonds is 13. The molecule has 0 aliphatic rings. The van der Waals surface area contributed by atoms with Crippen LogP contribution in [-0.4, -0.2) is 17.6 Å². The van der Waals surface area contributed by atoms with Gasteiger partial charge in [-0.15, -0.1) is 0 Å². The molecule has 0 radical (unpaired) electrons. The number of carbonyl (C=O) groups is 1. The second kappa shape index (κ2) is 14.5. The summed E-state index contributed by atoms with van der Waals surface area (Å²) in [6.45, 7) is 0.335. The van der Waals surface area contributed by atoms with E-state index < -0.39 is 0 Å². The van der Waals surface area contributed by atoms with Crippen molar-refractivity contribution in [2.24, 2.45) is 5.84 Å². The minimum absolute atomic E-state index is 0.0575. The molecule has 0 aliphatic heterocycles. The molecule has 18 heavy (non-hydrogen) atoms. The van der Waals surface area contributed by atoms with Crippen LogP contribution in [0.2, 0.25) is 0 Å². The van der Waals surface area contributed by atoms with E-state index in [0.29, 0.717) is 13.0 Å². The van der Waals surface area contributed by atoms with Crippen molar-refractivity contribution in [1.82, 2.24) is 5.43 Å². The number of hydrazine groups is 1. The Hall–Kier alpha value is -0.610. The highest BCUT2D eigenvalue weighted by atomic mass is 16.2. The van der Waals surface area contributed by atoms with Crippen LogP contribution >= 0.6 is 0 Å². The van der Waals surface area contributed by atoms with Crippen LogP contribution in [0.15, 0.2) is 0 Å². The van der Waals surface area contributed by atoms with Gasteiger partial charge in [-0.1, -0.05) is 57.8 Å². The highest BCUT2D eigenvalue weighted by molar-refractivity contribution is 5.74. The van der Waals surface area contributed by atoms with E-state index in [1.807, 2.05) is 0 Å². The van der Waals surface area contributed by atoms with Gasteiger partial charge < -0.3 is 5.11 Å². The van der Waals surface area contributed by atoms with Crippen LogP contribution in [0.1, 0.15) is 77.0 Å². The van der Waals surface area contributed by atoms with Crippen molar-refractivity contribution in [3.05, 3.63) is 0 Å². The quantitative estimate of drug-likeness (QED) is 0.206. The normalized spacial score (nSPS) is 10.6. The van der Waals surface area contributed by atoms with Crippen molar-refractivity contribution in [1.29, 1.82) is 0 Å². The Balaban J connectivity index is 2.97. The Morgan fingerprint density at radius 3 is 1.56 bits per heavy atom. The van der Waals surface area contributed by atoms with E-state index in [9.17, 15) is 4.79 Å². The lowest BCUT2D eigenvalue weighted by atomic mass is 10.1. The number of unbranched alkanes of at least 4 members (excludes halogenated alkanes) is 10. The monoisotopic (exact) mass is 258 g/mol. The minimum Gasteiger partial charge on any atom is -0.396 e. The van der Waals surface area contributed by atoms with Crippen molar-refractivity contribution in [3.63, 3.8) is 0 Å². The molecular formula is C14H30N2O2. The predicted octanol–water partition coefficient (Wildman–Crippen LogP) is 2.65. The summed E-state index contributed by atoms with van der Waals surface area (Å²) in [5.41, 5.74) is 2.15. The van der Waals surface area contributed by atoms with E-state index in [1.165, 1.54) is 51.4 Å². The van der Waals surface area contributed by atoms with Gasteiger partial charge in [0.1, 0.15) is 0 Å². The van der Waals surface area contributed by atoms with Gasteiger partial charge in [0.05, 0.1) is 0 Å². The molecule has 0 fully saturated rings. The van der Waals surface area contributed by atoms with Crippen LogP contribution in [0.5, 0.6) is 0 Å². The molecule has 0 aromatic rings. The van der Waals surface area contributed by atoms with E-state index in [0.717, 1.165) is 19.3 Å². The molecule has 0 saturated heterocycles. The number of aliphatic hydroxyl groups is 1. The van der Waals surface area contributed by atoms with Crippen molar-refractivity contribution >= 4 is 5.91 Å². The maximum absolute atomic E-state index is 10.8. The smallest absolute Gasteiger partial charge is 0.233 e. The molecule has 4 N–H and O–H groups in total. The lowest BCUT2D eigenvalue weighted by Crippen LogP contribution is -2.29. The van der Waals surface area contributed by atoms with Gasteiger partial charge in [-0.05, 0) is 12.8 Å². The van der Waals surface area contributed by atoms with Crippen LogP contribution < -0.4 is 11.3 Å². The Morgan fingerprint density at radius 1 is 0.778 bits per heavy atom. The summed E-state index contributed by atoms with van der Waals surface area (Å²) >= 11 is 0. The number of hydrogen-bond donors (Lipinski definition) is 3. The zero-order chi connectivity index (χ0) is 13.5. The molecular weight excluding hydrogens is 228 g/mol. The maximum Gasteiger partial charge on any atom is 0.233 e. The highest BCUT2D eigenvalue weighted by Crippen LogP contribution is 2.11. The third kappa shape index (κ3) is 13.5. The van der Waals surface area contributed by atoms with E-state index in [2.05, 4.69) is 5.43 Å². The fourth-order valence-corrected chi connectivity index (χ4v) is 2.06. The van der Waals surface area contributed by atoms with Gasteiger partial charge in [-0.25, -0.2) is 5.84 Å². The minimum atomic E-state index is -0.0575. The zero-order valence-corrected chi connectivity index (χ0v) is 11.6. The number of nitrogens with two attached hydrogens (primary N) is 1. The summed E-state index contributed by atoms with van der Waals surface area (Å²) in [4.78, 5) is 10.8. The van der Waals surface area contributed by atoms with Crippen molar-refractivity contribution in [3.8, 4) is 0 Å². The highest BCUT2D eigenvalue weighted by Gasteiger charge is 1.97. The topological polar surface area (TPSA) is 75.3 Å². The molecule has 0 rings (SSSR count). The summed E-state index contributed by atoms with van der Waals surface area (Å²) in [6, 6.07) is 0. The predicted molar refractivity (Wildman–Crippen MR) is 74.8 cm³/mol. The third-order valence-electron chi connectivity index (χ3n) is 3.22. The first-order valence-corrected chi connectivity index (χ1v) is 7.41. The zero-order valence-electron chi connectivity index (χ0n) is 11.6. The van der Waals surface area contributed by atoms with Gasteiger partial charge in [-0.3, -0.25) is 10.2 Å². The third-order valence-corrected chi connectivity index (χ3v) is 3.22. The Morgan fingerprint density at radius 2 is 1.17 bits per heavy atom. The van der Waals surface area contributed by atoms with E-state index >= 15 is 0 Å². The van der Waals surface area contributed by atoms with Gasteiger partial charge in [0.2, 0.25) is 5.91 Å². The molecule has 1 amide bonds. The fraction of sp³-hybridized carbons (Fsp3) is 0.929. The van der Waals surface area contributed by atoms with Gasteiger partial charge in [-0.2, -0.15) is 0 Å². The molecule has 0 aromatic carbocycles. The van der Waals surface area contributed by atoms with Crippen LogP contribution in [-0.2, 0) is 4.79 Å². The molecule has 0 saturated carbocycles. The van der Waals surface area contributed by atoms with Crippen LogP contribution in [0.25, 0.3) is 0 Å². The largest absolute Gasteiger partial charge is 0.396 e. The van der Waals surface area contributed by atoms with Gasteiger partial charge in [0, 0.05) is 13.0 Å². The molecule has 0 heterocycles. The van der Waals surface area contributed by atoms with Gasteiger partial charge >= 0.3 is 0 Å². The summed E-state index contributed by atoms with van der Waals surface area (Å²) in [5, 5.41) is 8.63. The summed E-state index contributed by atoms with van der Waals surface area (Å²) < 4.78 is 0. The van der Waals surface area contributed by atoms with Crippen LogP contribution in [0.4, 0.5) is 0 Å². The fourth-order valence-electron chi connectivity index (χ4n) is 2.06. The molecule has 0 aliphatic carbocycles. The lowest BCUT2D eigenvalue weighted by molar-refractivity contribution is -0.121. The molecule has 0 unspecified atom stereocenters. The maximum atomic E-state index is 10.8. The Labute approximate surface area is 111 Å². The standard InChI is InChI=1S/C14H30N2O2/c15-16-14(18)12-10-8-6-4-2-1-3-5-7-9-11-13-17/h17H,1-13,15H2,(H,16,18). The van der Waals surface area contributed by atoms with Crippen LogP contribution in [0.3, 0.4) is 0 Å². The number of aliphatic hydroxyl groups excluding tert-OH is 1. The first-order chi connectivity index (χ1) is 8.81. The first-order valence-electron chi connectivity index (χ1n) is 7.41. The molecule has 108 valence electrons. The molecule has 4 heteroatoms. The molecule has 0 aromatic heterocycles. The van der Waals surface area contributed by atoms with E-state index in [1.54, 1.807) is 0 Å². The summed E-state index contributed by atoms with van der Waals surface area (Å²) in [7, 11) is 0. The Bertz CT molecular complexity index is 187. The van der Waals surface area contributed by atoms with E-state index in [-0.39, 0.29) is 5.91 Å². The Kier molecular flexibility index (Phi) is 14.0. The summed E-state index contributed by atoms with van der Waals surface area (Å²) in [6.07, 6.45) is 13.8. The number of nitrogens with one attached hydrogen (secondary N) is 1. The second-order valence-electron chi connectivity index (χ2n) is 4.93. The van der Waals surface area contributed by atoms with Crippen molar-refractivity contribution in [2.75, 3.05) is 6.61 Å². The molecule has 0 spiro atoms. The average molecular weight is 258 g/mol. The first kappa shape index (κ1) is 17.4. The second-order valence-corrected chi connectivity index (χ2v) is 4.93. The van der Waals surface area contributed by atoms with Gasteiger partial charge in [0.25, 0.3) is 0 Å². The summed E-state index contributed by atoms with van der Waals surface area (Å²) in [5.74, 6) is 4.94.